The van der Waals surface area contributed by atoms with Gasteiger partial charge >= 0.3 is 0 Å². The Morgan fingerprint density at radius 1 is 0.929 bits per heavy atom. The first-order valence-corrected chi connectivity index (χ1v) is 4.27. The number of hydrogen-bond acceptors (Lipinski definition) is 4. The Balaban J connectivity index is 2.14. The van der Waals surface area contributed by atoms with Crippen LogP contribution in [0.5, 0.6) is 0 Å². The molecule has 0 saturated carbocycles. The molecule has 14 heavy (non-hydrogen) atoms. The van der Waals surface area contributed by atoms with Crippen LogP contribution in [-0.2, 0) is 0 Å². The van der Waals surface area contributed by atoms with Crippen molar-refractivity contribution in [3.05, 3.63) is 35.7 Å². The van der Waals surface area contributed by atoms with Gasteiger partial charge in [-0.25, -0.2) is 9.97 Å². The quantitative estimate of drug-likeness (QED) is 0.729. The van der Waals surface area contributed by atoms with Crippen molar-refractivity contribution in [3.63, 3.8) is 0 Å². The van der Waals surface area contributed by atoms with Crippen molar-refractivity contribution >= 4 is 12.2 Å². The summed E-state index contributed by atoms with van der Waals surface area (Å²) < 4.78 is 10.5. The molecule has 2 aromatic rings. The summed E-state index contributed by atoms with van der Waals surface area (Å²) >= 11 is 0. The van der Waals surface area contributed by atoms with E-state index in [9.17, 15) is 0 Å². The summed E-state index contributed by atoms with van der Waals surface area (Å²) in [5.74, 6) is 2.68. The van der Waals surface area contributed by atoms with Crippen LogP contribution in [0.1, 0.15) is 23.3 Å². The topological polar surface area (TPSA) is 52.1 Å². The molecule has 0 amide bonds. The van der Waals surface area contributed by atoms with Crippen LogP contribution in [0.2, 0.25) is 0 Å². The van der Waals surface area contributed by atoms with Crippen molar-refractivity contribution in [2.24, 2.45) is 0 Å². The fraction of sp³-hybridized carbons (Fsp3) is 0.200. The predicted molar refractivity (Wildman–Crippen MR) is 51.4 cm³/mol. The molecule has 0 N–H and O–H groups in total. The van der Waals surface area contributed by atoms with Gasteiger partial charge in [0.2, 0.25) is 11.8 Å². The Bertz CT molecular complexity index is 412. The minimum absolute atomic E-state index is 0.554. The second kappa shape index (κ2) is 3.49. The van der Waals surface area contributed by atoms with E-state index in [2.05, 4.69) is 9.97 Å². The van der Waals surface area contributed by atoms with Crippen LogP contribution >= 0.6 is 0 Å². The van der Waals surface area contributed by atoms with Crippen LogP contribution in [0.15, 0.2) is 21.2 Å². The Morgan fingerprint density at radius 2 is 1.36 bits per heavy atom. The van der Waals surface area contributed by atoms with Gasteiger partial charge in [0.15, 0.2) is 0 Å². The van der Waals surface area contributed by atoms with Crippen molar-refractivity contribution in [2.45, 2.75) is 13.8 Å². The van der Waals surface area contributed by atoms with Crippen molar-refractivity contribution in [2.75, 3.05) is 0 Å². The van der Waals surface area contributed by atoms with Crippen LogP contribution in [0.3, 0.4) is 0 Å². The average Bonchev–Trinajstić information content (AvgIpc) is 2.72. The minimum atomic E-state index is 0.554. The molecule has 0 aliphatic rings. The summed E-state index contributed by atoms with van der Waals surface area (Å²) in [4.78, 5) is 8.03. The lowest BCUT2D eigenvalue weighted by atomic mass is 10.5. The third kappa shape index (κ3) is 1.90. The van der Waals surface area contributed by atoms with Crippen LogP contribution < -0.4 is 0 Å². The lowest BCUT2D eigenvalue weighted by Gasteiger charge is -1.82. The Hall–Kier alpha value is -1.84. The van der Waals surface area contributed by atoms with E-state index in [-0.39, 0.29) is 0 Å². The highest BCUT2D eigenvalue weighted by molar-refractivity contribution is 5.61. The number of hydrogen-bond donors (Lipinski definition) is 0. The maximum Gasteiger partial charge on any atom is 0.219 e. The number of rotatable bonds is 2. The summed E-state index contributed by atoms with van der Waals surface area (Å²) in [6.07, 6.45) is 6.78. The van der Waals surface area contributed by atoms with Crippen LogP contribution in [0.4, 0.5) is 0 Å². The highest BCUT2D eigenvalue weighted by Crippen LogP contribution is 2.08. The van der Waals surface area contributed by atoms with Gasteiger partial charge in [-0.05, 0) is 13.8 Å². The molecule has 0 radical (unpaired) electrons. The van der Waals surface area contributed by atoms with E-state index in [0.717, 1.165) is 11.5 Å². The second-order valence-corrected chi connectivity index (χ2v) is 2.95. The molecule has 0 atom stereocenters. The molecular formula is C10H10N2O2. The fourth-order valence-corrected chi connectivity index (χ4v) is 1.04. The second-order valence-electron chi connectivity index (χ2n) is 2.95. The molecule has 0 saturated heterocycles. The van der Waals surface area contributed by atoms with Crippen molar-refractivity contribution in [1.82, 2.24) is 9.97 Å². The highest BCUT2D eigenvalue weighted by Gasteiger charge is 1.97. The summed E-state index contributed by atoms with van der Waals surface area (Å²) in [6.45, 7) is 3.69. The third-order valence-corrected chi connectivity index (χ3v) is 1.65. The van der Waals surface area contributed by atoms with E-state index in [1.165, 1.54) is 0 Å². The van der Waals surface area contributed by atoms with E-state index in [1.54, 1.807) is 24.5 Å². The SMILES string of the molecule is Cc1cnc(/C=C/c2ncc(C)o2)o1. The molecular weight excluding hydrogens is 180 g/mol. The van der Waals surface area contributed by atoms with Crippen LogP contribution in [0.25, 0.3) is 12.2 Å². The van der Waals surface area contributed by atoms with E-state index in [0.29, 0.717) is 11.8 Å². The van der Waals surface area contributed by atoms with Gasteiger partial charge in [-0.2, -0.15) is 0 Å². The zero-order chi connectivity index (χ0) is 9.97. The standard InChI is InChI=1S/C10H10N2O2/c1-7-5-11-9(13-7)3-4-10-12-6-8(2)14-10/h3-6H,1-2H3/b4-3+. The molecule has 4 heteroatoms. The highest BCUT2D eigenvalue weighted by atomic mass is 16.4. The fourth-order valence-electron chi connectivity index (χ4n) is 1.04. The molecule has 0 fully saturated rings. The van der Waals surface area contributed by atoms with Gasteiger partial charge in [0, 0.05) is 12.2 Å². The molecule has 0 aliphatic heterocycles. The molecule has 4 nitrogen and oxygen atoms in total. The zero-order valence-corrected chi connectivity index (χ0v) is 8.02. The maximum absolute atomic E-state index is 5.24. The summed E-state index contributed by atoms with van der Waals surface area (Å²) in [5, 5.41) is 0. The Kier molecular flexibility index (Phi) is 2.18. The van der Waals surface area contributed by atoms with Crippen molar-refractivity contribution in [1.29, 1.82) is 0 Å². The average molecular weight is 190 g/mol. The maximum atomic E-state index is 5.24. The lowest BCUT2D eigenvalue weighted by molar-refractivity contribution is 0.512. The molecule has 0 spiro atoms. The Morgan fingerprint density at radius 3 is 1.64 bits per heavy atom. The zero-order valence-electron chi connectivity index (χ0n) is 8.02. The van der Waals surface area contributed by atoms with Gasteiger partial charge in [0.05, 0.1) is 12.4 Å². The van der Waals surface area contributed by atoms with Gasteiger partial charge in [0.1, 0.15) is 11.5 Å². The molecule has 0 unspecified atom stereocenters. The van der Waals surface area contributed by atoms with E-state index in [1.807, 2.05) is 13.8 Å². The Labute approximate surface area is 81.3 Å². The summed E-state index contributed by atoms with van der Waals surface area (Å²) in [6, 6.07) is 0. The number of aromatic nitrogens is 2. The number of oxazole rings is 2. The lowest BCUT2D eigenvalue weighted by Crippen LogP contribution is -1.69. The van der Waals surface area contributed by atoms with Gasteiger partial charge in [-0.15, -0.1) is 0 Å². The molecule has 0 aliphatic carbocycles. The molecule has 0 bridgehead atoms. The van der Waals surface area contributed by atoms with Gasteiger partial charge in [0.25, 0.3) is 0 Å². The van der Waals surface area contributed by atoms with Crippen LogP contribution in [0, 0.1) is 13.8 Å². The minimum Gasteiger partial charge on any atom is -0.442 e. The number of nitrogens with zero attached hydrogens (tertiary/aromatic N) is 2. The monoisotopic (exact) mass is 190 g/mol. The molecule has 72 valence electrons. The predicted octanol–water partition coefficient (Wildman–Crippen LogP) is 2.45. The first kappa shape index (κ1) is 8.74. The van der Waals surface area contributed by atoms with E-state index >= 15 is 0 Å². The molecule has 0 aromatic carbocycles. The van der Waals surface area contributed by atoms with Gasteiger partial charge < -0.3 is 8.83 Å². The summed E-state index contributed by atoms with van der Waals surface area (Å²) in [7, 11) is 0. The summed E-state index contributed by atoms with van der Waals surface area (Å²) in [5.41, 5.74) is 0. The third-order valence-electron chi connectivity index (χ3n) is 1.65. The smallest absolute Gasteiger partial charge is 0.219 e. The first-order valence-electron chi connectivity index (χ1n) is 4.27. The van der Waals surface area contributed by atoms with Crippen LogP contribution in [-0.4, -0.2) is 9.97 Å². The van der Waals surface area contributed by atoms with Gasteiger partial charge in [-0.3, -0.25) is 0 Å². The largest absolute Gasteiger partial charge is 0.442 e. The normalized spacial score (nSPS) is 11.3. The van der Waals surface area contributed by atoms with Crippen molar-refractivity contribution < 1.29 is 8.83 Å². The van der Waals surface area contributed by atoms with Gasteiger partial charge in [-0.1, -0.05) is 0 Å². The van der Waals surface area contributed by atoms with E-state index in [4.69, 9.17) is 8.83 Å². The first-order chi connectivity index (χ1) is 6.74. The molecule has 2 heterocycles. The number of aryl methyl sites for hydroxylation is 2. The van der Waals surface area contributed by atoms with Crippen molar-refractivity contribution in [3.8, 4) is 0 Å². The van der Waals surface area contributed by atoms with E-state index < -0.39 is 0 Å². The molecule has 2 aromatic heterocycles. The molecule has 2 rings (SSSR count).